The summed E-state index contributed by atoms with van der Waals surface area (Å²) in [6.45, 7) is 34.1. The molecule has 0 saturated carbocycles. The van der Waals surface area contributed by atoms with Crippen molar-refractivity contribution in [2.45, 2.75) is 182 Å². The fourth-order valence-corrected chi connectivity index (χ4v) is 9.15. The fourth-order valence-electron chi connectivity index (χ4n) is 6.41. The van der Waals surface area contributed by atoms with Gasteiger partial charge in [0.05, 0.1) is 50.5 Å². The molecule has 0 unspecified atom stereocenters. The number of nitrogens with zero attached hydrogens (tertiary/aromatic N) is 2. The van der Waals surface area contributed by atoms with Crippen LogP contribution in [0.15, 0.2) is 94.3 Å². The van der Waals surface area contributed by atoms with E-state index in [2.05, 4.69) is 101 Å². The van der Waals surface area contributed by atoms with E-state index in [-0.39, 0.29) is 46.5 Å². The van der Waals surface area contributed by atoms with Gasteiger partial charge in [0.25, 0.3) is 0 Å². The molecule has 2 heterocycles. The minimum absolute atomic E-state index is 0.0265. The second-order valence-electron chi connectivity index (χ2n) is 21.9. The Morgan fingerprint density at radius 3 is 1.46 bits per heavy atom. The Labute approximate surface area is 434 Å². The molecule has 72 heavy (non-hydrogen) atoms. The first-order chi connectivity index (χ1) is 33.5. The van der Waals surface area contributed by atoms with Crippen molar-refractivity contribution in [3.63, 3.8) is 0 Å². The highest BCUT2D eigenvalue weighted by Gasteiger charge is 2.47. The maximum atomic E-state index is 13.9. The van der Waals surface area contributed by atoms with Gasteiger partial charge in [0.1, 0.15) is 18.6 Å². The number of rotatable bonds is 25. The molecule has 0 bridgehead atoms. The third kappa shape index (κ3) is 19.5. The van der Waals surface area contributed by atoms with Crippen LogP contribution in [0.3, 0.4) is 0 Å². The van der Waals surface area contributed by atoms with Gasteiger partial charge in [-0.2, -0.15) is 0 Å². The smallest absolute Gasteiger partial charge is 0.360 e. The molecule has 0 aromatic carbocycles. The largest absolute Gasteiger partial charge is 0.464 e. The Bertz CT molecular complexity index is 2330. The van der Waals surface area contributed by atoms with E-state index in [1.54, 1.807) is 44.6 Å². The predicted molar refractivity (Wildman–Crippen MR) is 291 cm³/mol. The van der Waals surface area contributed by atoms with E-state index in [0.29, 0.717) is 24.6 Å². The van der Waals surface area contributed by atoms with Crippen molar-refractivity contribution in [1.82, 2.24) is 9.97 Å². The lowest BCUT2D eigenvalue weighted by atomic mass is 9.79. The molecule has 0 aliphatic heterocycles. The summed E-state index contributed by atoms with van der Waals surface area (Å²) in [5.41, 5.74) is -1.16. The van der Waals surface area contributed by atoms with Gasteiger partial charge in [-0.3, -0.25) is 0 Å². The van der Waals surface area contributed by atoms with Crippen LogP contribution in [0.25, 0.3) is 0 Å². The van der Waals surface area contributed by atoms with Crippen molar-refractivity contribution in [3.8, 4) is 23.7 Å². The number of oxazole rings is 2. The Morgan fingerprint density at radius 2 is 1.06 bits per heavy atom. The zero-order valence-corrected chi connectivity index (χ0v) is 48.8. The Balaban J connectivity index is 2.23. The quantitative estimate of drug-likeness (QED) is 0.0329. The number of carbonyl (C=O) groups excluding carboxylic acids is 2. The highest BCUT2D eigenvalue weighted by molar-refractivity contribution is 6.74. The van der Waals surface area contributed by atoms with Gasteiger partial charge >= 0.3 is 11.9 Å². The number of aliphatic hydroxyl groups is 1. The lowest BCUT2D eigenvalue weighted by Gasteiger charge is -2.45. The SMILES string of the molecule is C/C=C/[C@@H](O[Si](C)(C)C(C)(C)C)C(C)(C)[C@H](CC#C/C=C\C=C\[C@H](Cc1nc(C(=O)OC)co1)OC)OC(=O)c1coc(C[C@@H](/C=C/C=C\C#CC[C@H](O)C(C)(C)[C@@H](/C=C/C)O[Si](C)(C)C(C)(C)C)OC)n1. The van der Waals surface area contributed by atoms with E-state index in [4.69, 9.17) is 36.6 Å². The number of aliphatic hydroxyl groups excluding tert-OH is 1. The van der Waals surface area contributed by atoms with Crippen LogP contribution in [0.1, 0.15) is 129 Å². The first-order valence-corrected chi connectivity index (χ1v) is 30.5. The Morgan fingerprint density at radius 1 is 0.639 bits per heavy atom. The molecule has 2 aromatic heterocycles. The highest BCUT2D eigenvalue weighted by Crippen LogP contribution is 2.43. The van der Waals surface area contributed by atoms with E-state index in [1.165, 1.54) is 19.6 Å². The molecule has 0 radical (unpaired) electrons. The van der Waals surface area contributed by atoms with Crippen LogP contribution < -0.4 is 0 Å². The van der Waals surface area contributed by atoms with Crippen LogP contribution in [-0.4, -0.2) is 102 Å². The van der Waals surface area contributed by atoms with Crippen LogP contribution in [0.4, 0.5) is 0 Å². The summed E-state index contributed by atoms with van der Waals surface area (Å²) in [6.07, 6.45) is 23.1. The molecule has 6 atom stereocenters. The van der Waals surface area contributed by atoms with E-state index >= 15 is 0 Å². The van der Waals surface area contributed by atoms with Gasteiger partial charge < -0.3 is 41.7 Å². The lowest BCUT2D eigenvalue weighted by molar-refractivity contribution is -0.0411. The predicted octanol–water partition coefficient (Wildman–Crippen LogP) is 12.1. The third-order valence-corrected chi connectivity index (χ3v) is 22.6. The van der Waals surface area contributed by atoms with E-state index in [0.717, 1.165) is 0 Å². The molecule has 2 rings (SSSR count). The number of hydrogen-bond acceptors (Lipinski definition) is 13. The van der Waals surface area contributed by atoms with Crippen LogP contribution >= 0.6 is 0 Å². The topological polar surface area (TPSA) is 162 Å². The van der Waals surface area contributed by atoms with E-state index in [1.807, 2.05) is 84.1 Å². The molecule has 15 heteroatoms. The minimum Gasteiger partial charge on any atom is -0.464 e. The second-order valence-corrected chi connectivity index (χ2v) is 31.5. The lowest BCUT2D eigenvalue weighted by Crippen LogP contribution is -2.51. The first kappa shape index (κ1) is 63.3. The van der Waals surface area contributed by atoms with Crippen molar-refractivity contribution in [2.24, 2.45) is 10.8 Å². The average Bonchev–Trinajstić information content (AvgIpc) is 3.98. The molecule has 0 amide bonds. The Hall–Kier alpha value is -4.85. The zero-order valence-electron chi connectivity index (χ0n) is 46.8. The van der Waals surface area contributed by atoms with Crippen molar-refractivity contribution in [1.29, 1.82) is 0 Å². The van der Waals surface area contributed by atoms with Gasteiger partial charge in [-0.05, 0) is 62.3 Å². The molecular formula is C57H86N2O11Si2. The summed E-state index contributed by atoms with van der Waals surface area (Å²) >= 11 is 0. The van der Waals surface area contributed by atoms with Gasteiger partial charge in [-0.25, -0.2) is 19.6 Å². The summed E-state index contributed by atoms with van der Waals surface area (Å²) in [5, 5.41) is 11.2. The molecule has 0 fully saturated rings. The molecule has 1 N–H and O–H groups in total. The van der Waals surface area contributed by atoms with E-state index < -0.39 is 63.8 Å². The van der Waals surface area contributed by atoms with Gasteiger partial charge in [-0.15, -0.1) is 0 Å². The maximum Gasteiger partial charge on any atom is 0.360 e. The molecule has 0 saturated heterocycles. The summed E-state index contributed by atoms with van der Waals surface area (Å²) in [7, 11) is 0.0674. The fraction of sp³-hybridized carbons (Fsp3) is 0.579. The Kier molecular flexibility index (Phi) is 25.1. The van der Waals surface area contributed by atoms with Crippen molar-refractivity contribution in [3.05, 3.63) is 109 Å². The van der Waals surface area contributed by atoms with Crippen LogP contribution in [0.5, 0.6) is 0 Å². The highest BCUT2D eigenvalue weighted by atomic mass is 28.4. The molecule has 0 aliphatic carbocycles. The summed E-state index contributed by atoms with van der Waals surface area (Å²) < 4.78 is 47.1. The van der Waals surface area contributed by atoms with Crippen LogP contribution in [0, 0.1) is 34.5 Å². The van der Waals surface area contributed by atoms with Crippen LogP contribution in [0.2, 0.25) is 36.3 Å². The van der Waals surface area contributed by atoms with Crippen molar-refractivity contribution in [2.75, 3.05) is 21.3 Å². The van der Waals surface area contributed by atoms with Gasteiger partial charge in [-0.1, -0.05) is 154 Å². The standard InChI is InChI=1S/C57H86N2O11Si2/c1-20-32-48(69-71(16,17)54(3,4)5)56(9,10)46(60)36-30-26-22-24-28-34-43(64-14)39-51-59-45(41-67-51)53(62)68-47(57(11,12)49(33-21-2)70-72(18,19)55(6,7)8)37-31-27-23-25-29-35-42(63-13)38-50-58-44(40-66-50)52(61)65-15/h20-25,28-29,32-35,40-43,46-49,60H,36-39H2,1-19H3/b24-22-,25-23-,32-20+,33-21+,34-28+,35-29+/t42-,43-,46+,47+,48-,49-/m1/s1. The molecule has 0 aliphatic rings. The van der Waals surface area contributed by atoms with Gasteiger partial charge in [0.15, 0.2) is 39.8 Å². The molecular weight excluding hydrogens is 945 g/mol. The normalized spacial score (nSPS) is 16.0. The minimum atomic E-state index is -2.28. The van der Waals surface area contributed by atoms with Gasteiger partial charge in [0, 0.05) is 37.9 Å². The number of aromatic nitrogens is 2. The number of hydrogen-bond donors (Lipinski definition) is 1. The monoisotopic (exact) mass is 1030 g/mol. The van der Waals surface area contributed by atoms with Crippen LogP contribution in [-0.2, 0) is 40.6 Å². The van der Waals surface area contributed by atoms with Gasteiger partial charge in [0.2, 0.25) is 0 Å². The number of methoxy groups -OCH3 is 3. The number of ether oxygens (including phenoxy) is 4. The van der Waals surface area contributed by atoms with E-state index in [9.17, 15) is 14.7 Å². The van der Waals surface area contributed by atoms with Crippen molar-refractivity contribution >= 4 is 28.6 Å². The number of allylic oxidation sites excluding steroid dienone is 8. The maximum absolute atomic E-state index is 13.9. The number of esters is 2. The molecule has 398 valence electrons. The molecule has 2 aromatic rings. The first-order valence-electron chi connectivity index (χ1n) is 24.7. The summed E-state index contributed by atoms with van der Waals surface area (Å²) in [4.78, 5) is 34.3. The van der Waals surface area contributed by atoms with Crippen molar-refractivity contribution < 1.29 is 51.3 Å². The summed E-state index contributed by atoms with van der Waals surface area (Å²) in [5.74, 6) is 11.8. The molecule has 13 nitrogen and oxygen atoms in total. The zero-order chi connectivity index (χ0) is 54.6. The third-order valence-electron chi connectivity index (χ3n) is 13.7. The number of carbonyl (C=O) groups is 2. The molecule has 0 spiro atoms. The average molecular weight is 1030 g/mol. The second kappa shape index (κ2) is 28.6. The summed E-state index contributed by atoms with van der Waals surface area (Å²) in [6, 6.07) is 0.